The Morgan fingerprint density at radius 3 is 2.72 bits per heavy atom. The Bertz CT molecular complexity index is 562. The number of nitrogens with zero attached hydrogens (tertiary/aromatic N) is 1. The van der Waals surface area contributed by atoms with Crippen LogP contribution in [0.25, 0.3) is 0 Å². The highest BCUT2D eigenvalue weighted by atomic mass is 16.6. The topological polar surface area (TPSA) is 48.0 Å². The number of carbonyl (C=O) groups is 1. The first-order valence-electron chi connectivity index (χ1n) is 8.30. The van der Waals surface area contributed by atoms with Crippen LogP contribution in [-0.4, -0.2) is 56.9 Å². The van der Waals surface area contributed by atoms with E-state index in [1.54, 1.807) is 13.0 Å². The van der Waals surface area contributed by atoms with Crippen molar-refractivity contribution in [1.29, 1.82) is 0 Å². The molecule has 0 aliphatic heterocycles. The molecule has 5 heteroatoms. The van der Waals surface area contributed by atoms with E-state index in [0.29, 0.717) is 32.1 Å². The molecule has 0 fully saturated rings. The Kier molecular flexibility index (Phi) is 10.1. The van der Waals surface area contributed by atoms with Gasteiger partial charge in [-0.25, -0.2) is 4.79 Å². The van der Waals surface area contributed by atoms with Gasteiger partial charge in [-0.1, -0.05) is 24.1 Å². The molecule has 0 saturated carbocycles. The molecule has 1 rings (SSSR count). The third-order valence-electron chi connectivity index (χ3n) is 3.57. The average molecular weight is 345 g/mol. The van der Waals surface area contributed by atoms with E-state index in [2.05, 4.69) is 17.4 Å². The predicted octanol–water partition coefficient (Wildman–Crippen LogP) is 2.31. The quantitative estimate of drug-likeness (QED) is 0.252. The number of terminal acetylenes is 1. The minimum Gasteiger partial charge on any atom is -0.482 e. The normalized spacial score (nSPS) is 11.6. The number of esters is 1. The van der Waals surface area contributed by atoms with Crippen LogP contribution < -0.4 is 4.74 Å². The molecule has 0 bridgehead atoms. The van der Waals surface area contributed by atoms with E-state index in [1.165, 1.54) is 0 Å². The Morgan fingerprint density at radius 1 is 1.40 bits per heavy atom. The summed E-state index contributed by atoms with van der Waals surface area (Å²) in [6.45, 7) is 7.33. The maximum Gasteiger partial charge on any atom is 0.344 e. The van der Waals surface area contributed by atoms with Crippen molar-refractivity contribution in [2.24, 2.45) is 0 Å². The Balaban J connectivity index is 2.60. The number of benzene rings is 1. The molecular weight excluding hydrogens is 318 g/mol. The second-order valence-electron chi connectivity index (χ2n) is 5.54. The molecular formula is C20H27NO4. The van der Waals surface area contributed by atoms with Crippen molar-refractivity contribution in [3.05, 3.63) is 42.5 Å². The predicted molar refractivity (Wildman–Crippen MR) is 98.5 cm³/mol. The van der Waals surface area contributed by atoms with Crippen molar-refractivity contribution in [3.63, 3.8) is 0 Å². The van der Waals surface area contributed by atoms with Gasteiger partial charge in [0.1, 0.15) is 5.75 Å². The van der Waals surface area contributed by atoms with Gasteiger partial charge in [0.05, 0.1) is 26.4 Å². The van der Waals surface area contributed by atoms with Gasteiger partial charge in [-0.15, -0.1) is 13.0 Å². The van der Waals surface area contributed by atoms with Gasteiger partial charge in [0.25, 0.3) is 0 Å². The third-order valence-corrected chi connectivity index (χ3v) is 3.57. The number of carbonyl (C=O) groups excluding carboxylic acids is 1. The fourth-order valence-corrected chi connectivity index (χ4v) is 2.24. The van der Waals surface area contributed by atoms with Crippen LogP contribution in [-0.2, 0) is 20.7 Å². The van der Waals surface area contributed by atoms with Crippen molar-refractivity contribution < 1.29 is 19.0 Å². The molecule has 1 aromatic carbocycles. The summed E-state index contributed by atoms with van der Waals surface area (Å²) in [6.07, 6.45) is 7.94. The summed E-state index contributed by atoms with van der Waals surface area (Å²) in [5, 5.41) is 0. The fourth-order valence-electron chi connectivity index (χ4n) is 2.24. The summed E-state index contributed by atoms with van der Waals surface area (Å²) in [4.78, 5) is 13.4. The molecule has 136 valence electrons. The highest BCUT2D eigenvalue weighted by Crippen LogP contribution is 2.15. The van der Waals surface area contributed by atoms with Gasteiger partial charge in [-0.2, -0.15) is 0 Å². The van der Waals surface area contributed by atoms with Crippen LogP contribution in [0.2, 0.25) is 0 Å². The number of ether oxygens (including phenoxy) is 3. The second kappa shape index (κ2) is 12.1. The standard InChI is InChI=1S/C20H27NO4/c1-5-12-21(4)18(15-23-13-6-2)14-17-8-10-19(11-9-17)25-16-20(22)24-7-3/h1,6,8-11,18H,2,7,12-16H2,3-4H3/t18-/m0/s1. The van der Waals surface area contributed by atoms with E-state index in [9.17, 15) is 4.79 Å². The van der Waals surface area contributed by atoms with Crippen LogP contribution in [0.5, 0.6) is 5.75 Å². The maximum absolute atomic E-state index is 11.3. The number of hydrogen-bond acceptors (Lipinski definition) is 5. The first kappa shape index (κ1) is 20.8. The highest BCUT2D eigenvalue weighted by molar-refractivity contribution is 5.71. The summed E-state index contributed by atoms with van der Waals surface area (Å²) in [5.41, 5.74) is 1.14. The molecule has 0 unspecified atom stereocenters. The Morgan fingerprint density at radius 2 is 2.12 bits per heavy atom. The molecule has 0 spiro atoms. The molecule has 0 saturated heterocycles. The van der Waals surface area contributed by atoms with Gasteiger partial charge < -0.3 is 14.2 Å². The van der Waals surface area contributed by atoms with Gasteiger partial charge in [0.15, 0.2) is 6.61 Å². The zero-order chi connectivity index (χ0) is 18.5. The molecule has 0 heterocycles. The first-order chi connectivity index (χ1) is 12.1. The maximum atomic E-state index is 11.3. The van der Waals surface area contributed by atoms with Crippen molar-refractivity contribution in [1.82, 2.24) is 4.90 Å². The van der Waals surface area contributed by atoms with Crippen LogP contribution in [0.1, 0.15) is 12.5 Å². The molecule has 0 aromatic heterocycles. The van der Waals surface area contributed by atoms with E-state index in [-0.39, 0.29) is 18.6 Å². The Hall–Kier alpha value is -2.29. The van der Waals surface area contributed by atoms with Gasteiger partial charge in [0, 0.05) is 6.04 Å². The zero-order valence-electron chi connectivity index (χ0n) is 15.1. The largest absolute Gasteiger partial charge is 0.482 e. The summed E-state index contributed by atoms with van der Waals surface area (Å²) >= 11 is 0. The second-order valence-corrected chi connectivity index (χ2v) is 5.54. The lowest BCUT2D eigenvalue weighted by atomic mass is 10.1. The van der Waals surface area contributed by atoms with Crippen LogP contribution in [0.4, 0.5) is 0 Å². The van der Waals surface area contributed by atoms with Crippen LogP contribution in [0.3, 0.4) is 0 Å². The van der Waals surface area contributed by atoms with E-state index in [0.717, 1.165) is 12.0 Å². The van der Waals surface area contributed by atoms with Crippen molar-refractivity contribution in [2.75, 3.05) is 40.0 Å². The summed E-state index contributed by atoms with van der Waals surface area (Å²) in [6, 6.07) is 7.81. The summed E-state index contributed by atoms with van der Waals surface area (Å²) in [7, 11) is 1.98. The lowest BCUT2D eigenvalue weighted by molar-refractivity contribution is -0.145. The van der Waals surface area contributed by atoms with Gasteiger partial charge >= 0.3 is 5.97 Å². The van der Waals surface area contributed by atoms with E-state index < -0.39 is 0 Å². The van der Waals surface area contributed by atoms with Crippen LogP contribution in [0, 0.1) is 12.3 Å². The Labute approximate surface area is 150 Å². The number of likely N-dealkylation sites (N-methyl/N-ethyl adjacent to an activating group) is 1. The highest BCUT2D eigenvalue weighted by Gasteiger charge is 2.15. The molecule has 0 aliphatic rings. The fraction of sp³-hybridized carbons (Fsp3) is 0.450. The van der Waals surface area contributed by atoms with Gasteiger partial charge in [-0.3, -0.25) is 4.90 Å². The lowest BCUT2D eigenvalue weighted by Crippen LogP contribution is -2.37. The van der Waals surface area contributed by atoms with Crippen molar-refractivity contribution in [3.8, 4) is 18.1 Å². The minimum atomic E-state index is -0.373. The van der Waals surface area contributed by atoms with Crippen molar-refractivity contribution >= 4 is 5.97 Å². The number of hydrogen-bond donors (Lipinski definition) is 0. The van der Waals surface area contributed by atoms with Gasteiger partial charge in [-0.05, 0) is 38.1 Å². The van der Waals surface area contributed by atoms with Crippen LogP contribution >= 0.6 is 0 Å². The smallest absolute Gasteiger partial charge is 0.344 e. The van der Waals surface area contributed by atoms with E-state index in [1.807, 2.05) is 31.3 Å². The number of rotatable bonds is 12. The lowest BCUT2D eigenvalue weighted by Gasteiger charge is -2.26. The molecule has 5 nitrogen and oxygen atoms in total. The zero-order valence-corrected chi connectivity index (χ0v) is 15.1. The summed E-state index contributed by atoms with van der Waals surface area (Å²) < 4.78 is 15.8. The molecule has 0 N–H and O–H groups in total. The third kappa shape index (κ3) is 8.39. The molecule has 1 aromatic rings. The molecule has 0 aliphatic carbocycles. The molecule has 0 amide bonds. The van der Waals surface area contributed by atoms with Crippen molar-refractivity contribution in [2.45, 2.75) is 19.4 Å². The molecule has 1 atom stereocenters. The molecule has 25 heavy (non-hydrogen) atoms. The first-order valence-corrected chi connectivity index (χ1v) is 8.30. The van der Waals surface area contributed by atoms with E-state index in [4.69, 9.17) is 20.6 Å². The minimum absolute atomic E-state index is 0.0872. The SMILES string of the molecule is C#CCN(C)[C@H](COCC=C)Cc1ccc(OCC(=O)OCC)cc1. The monoisotopic (exact) mass is 345 g/mol. The van der Waals surface area contributed by atoms with Crippen LogP contribution in [0.15, 0.2) is 36.9 Å². The average Bonchev–Trinajstić information content (AvgIpc) is 2.61. The van der Waals surface area contributed by atoms with Gasteiger partial charge in [0.2, 0.25) is 0 Å². The van der Waals surface area contributed by atoms with E-state index >= 15 is 0 Å². The molecule has 0 radical (unpaired) electrons. The summed E-state index contributed by atoms with van der Waals surface area (Å²) in [5.74, 6) is 2.92.